The van der Waals surface area contributed by atoms with Gasteiger partial charge in [-0.1, -0.05) is 18.2 Å². The van der Waals surface area contributed by atoms with Crippen molar-refractivity contribution in [1.29, 1.82) is 0 Å². The van der Waals surface area contributed by atoms with Gasteiger partial charge in [0.05, 0.1) is 22.6 Å². The first-order valence-electron chi connectivity index (χ1n) is 7.79. The number of nitrogens with zero attached hydrogens (tertiary/aromatic N) is 2. The molecule has 1 saturated heterocycles. The van der Waals surface area contributed by atoms with E-state index >= 15 is 0 Å². The van der Waals surface area contributed by atoms with Crippen molar-refractivity contribution in [2.75, 3.05) is 18.1 Å². The largest absolute Gasteiger partial charge is 0.354 e. The van der Waals surface area contributed by atoms with E-state index in [0.717, 1.165) is 10.1 Å². The number of benzene rings is 1. The molecule has 0 aliphatic carbocycles. The Morgan fingerprint density at radius 2 is 2.04 bits per heavy atom. The Bertz CT molecular complexity index is 949. The predicted octanol–water partition coefficient (Wildman–Crippen LogP) is 0.256. The molecule has 1 aliphatic rings. The fourth-order valence-corrected chi connectivity index (χ4v) is 4.86. The number of carbonyl (C=O) groups is 1. The topological polar surface area (TPSA) is 98.1 Å². The molecule has 128 valence electrons. The second-order valence-electron chi connectivity index (χ2n) is 6.17. The van der Waals surface area contributed by atoms with Crippen LogP contribution in [0, 0.1) is 12.8 Å². The summed E-state index contributed by atoms with van der Waals surface area (Å²) in [6.45, 7) is 1.92. The molecule has 0 spiro atoms. The number of carbonyl (C=O) groups excluding carboxylic acids is 1. The third-order valence-electron chi connectivity index (χ3n) is 4.26. The molecule has 3 rings (SSSR count). The minimum Gasteiger partial charge on any atom is -0.354 e. The Kier molecular flexibility index (Phi) is 4.40. The SMILES string of the molecule is Cc1nn(CC(=O)NC[C@H]2CCS(=O)(=O)C2)c(=O)c2ccccc12. The Morgan fingerprint density at radius 1 is 1.33 bits per heavy atom. The summed E-state index contributed by atoms with van der Waals surface area (Å²) < 4.78 is 24.0. The Labute approximate surface area is 139 Å². The van der Waals surface area contributed by atoms with Crippen LogP contribution in [0.4, 0.5) is 0 Å². The van der Waals surface area contributed by atoms with E-state index in [-0.39, 0.29) is 35.4 Å². The van der Waals surface area contributed by atoms with Crippen molar-refractivity contribution < 1.29 is 13.2 Å². The number of fused-ring (bicyclic) bond motifs is 1. The number of aromatic nitrogens is 2. The van der Waals surface area contributed by atoms with Gasteiger partial charge in [0.2, 0.25) is 5.91 Å². The molecule has 2 aromatic rings. The smallest absolute Gasteiger partial charge is 0.275 e. The molecule has 0 saturated carbocycles. The number of sulfone groups is 1. The van der Waals surface area contributed by atoms with E-state index in [1.807, 2.05) is 12.1 Å². The first-order valence-corrected chi connectivity index (χ1v) is 9.61. The zero-order valence-corrected chi connectivity index (χ0v) is 14.2. The maximum Gasteiger partial charge on any atom is 0.275 e. The fraction of sp³-hybridized carbons (Fsp3) is 0.438. The van der Waals surface area contributed by atoms with E-state index in [1.165, 1.54) is 0 Å². The maximum absolute atomic E-state index is 12.4. The highest BCUT2D eigenvalue weighted by Crippen LogP contribution is 2.17. The summed E-state index contributed by atoms with van der Waals surface area (Å²) in [5, 5.41) is 8.19. The van der Waals surface area contributed by atoms with Crippen molar-refractivity contribution in [1.82, 2.24) is 15.1 Å². The molecule has 1 N–H and O–H groups in total. The number of aryl methyl sites for hydroxylation is 1. The van der Waals surface area contributed by atoms with Gasteiger partial charge in [0.25, 0.3) is 5.56 Å². The third-order valence-corrected chi connectivity index (χ3v) is 6.10. The lowest BCUT2D eigenvalue weighted by Crippen LogP contribution is -2.36. The first-order chi connectivity index (χ1) is 11.4. The zero-order chi connectivity index (χ0) is 17.3. The van der Waals surface area contributed by atoms with Crippen LogP contribution in [0.5, 0.6) is 0 Å². The molecular formula is C16H19N3O4S. The summed E-state index contributed by atoms with van der Waals surface area (Å²) in [4.78, 5) is 24.5. The highest BCUT2D eigenvalue weighted by atomic mass is 32.2. The number of amides is 1. The van der Waals surface area contributed by atoms with Crippen LogP contribution in [0.1, 0.15) is 12.1 Å². The Morgan fingerprint density at radius 3 is 2.71 bits per heavy atom. The zero-order valence-electron chi connectivity index (χ0n) is 13.4. The average molecular weight is 349 g/mol. The van der Waals surface area contributed by atoms with Crippen molar-refractivity contribution in [3.63, 3.8) is 0 Å². The van der Waals surface area contributed by atoms with Crippen LogP contribution in [0.2, 0.25) is 0 Å². The highest BCUT2D eigenvalue weighted by Gasteiger charge is 2.27. The Hall–Kier alpha value is -2.22. The average Bonchev–Trinajstić information content (AvgIpc) is 2.90. The molecule has 24 heavy (non-hydrogen) atoms. The minimum absolute atomic E-state index is 0.0537. The normalized spacial score (nSPS) is 19.5. The maximum atomic E-state index is 12.4. The van der Waals surface area contributed by atoms with Crippen LogP contribution in [0.25, 0.3) is 10.8 Å². The van der Waals surface area contributed by atoms with Crippen molar-refractivity contribution in [3.05, 3.63) is 40.3 Å². The van der Waals surface area contributed by atoms with Gasteiger partial charge in [0.1, 0.15) is 6.54 Å². The molecule has 7 nitrogen and oxygen atoms in total. The van der Waals surface area contributed by atoms with Gasteiger partial charge in [0.15, 0.2) is 9.84 Å². The van der Waals surface area contributed by atoms with Crippen LogP contribution < -0.4 is 10.9 Å². The molecule has 0 radical (unpaired) electrons. The molecular weight excluding hydrogens is 330 g/mol. The van der Waals surface area contributed by atoms with Crippen LogP contribution in [0.15, 0.2) is 29.1 Å². The molecule has 1 aromatic heterocycles. The molecule has 1 fully saturated rings. The lowest BCUT2D eigenvalue weighted by atomic mass is 10.1. The number of hydrogen-bond donors (Lipinski definition) is 1. The second kappa shape index (κ2) is 6.35. The van der Waals surface area contributed by atoms with Crippen LogP contribution in [-0.4, -0.2) is 42.2 Å². The van der Waals surface area contributed by atoms with Gasteiger partial charge in [-0.15, -0.1) is 0 Å². The first kappa shape index (κ1) is 16.6. The van der Waals surface area contributed by atoms with Crippen molar-refractivity contribution >= 4 is 26.5 Å². The number of hydrogen-bond acceptors (Lipinski definition) is 5. The van der Waals surface area contributed by atoms with Gasteiger partial charge in [-0.05, 0) is 25.3 Å². The predicted molar refractivity (Wildman–Crippen MR) is 90.5 cm³/mol. The third kappa shape index (κ3) is 3.48. The summed E-state index contributed by atoms with van der Waals surface area (Å²) >= 11 is 0. The number of nitrogens with one attached hydrogen (secondary N) is 1. The summed E-state index contributed by atoms with van der Waals surface area (Å²) in [5.74, 6) is -0.107. The van der Waals surface area contributed by atoms with Gasteiger partial charge in [-0.3, -0.25) is 9.59 Å². The molecule has 1 aliphatic heterocycles. The van der Waals surface area contributed by atoms with Crippen LogP contribution in [-0.2, 0) is 21.2 Å². The molecule has 1 atom stereocenters. The monoisotopic (exact) mass is 349 g/mol. The van der Waals surface area contributed by atoms with E-state index in [4.69, 9.17) is 0 Å². The van der Waals surface area contributed by atoms with Crippen LogP contribution in [0.3, 0.4) is 0 Å². The van der Waals surface area contributed by atoms with Gasteiger partial charge >= 0.3 is 0 Å². The van der Waals surface area contributed by atoms with Crippen molar-refractivity contribution in [2.24, 2.45) is 5.92 Å². The molecule has 0 bridgehead atoms. The molecule has 1 amide bonds. The molecule has 1 aromatic carbocycles. The van der Waals surface area contributed by atoms with Crippen molar-refractivity contribution in [3.8, 4) is 0 Å². The Balaban J connectivity index is 1.70. The quantitative estimate of drug-likeness (QED) is 0.853. The van der Waals surface area contributed by atoms with Gasteiger partial charge in [-0.2, -0.15) is 5.10 Å². The second-order valence-corrected chi connectivity index (χ2v) is 8.40. The molecule has 0 unspecified atom stereocenters. The lowest BCUT2D eigenvalue weighted by Gasteiger charge is -2.11. The fourth-order valence-electron chi connectivity index (χ4n) is 2.99. The van der Waals surface area contributed by atoms with Gasteiger partial charge < -0.3 is 5.32 Å². The lowest BCUT2D eigenvalue weighted by molar-refractivity contribution is -0.122. The number of rotatable bonds is 4. The molecule has 8 heteroatoms. The van der Waals surface area contributed by atoms with E-state index in [9.17, 15) is 18.0 Å². The van der Waals surface area contributed by atoms with Crippen molar-refractivity contribution in [2.45, 2.75) is 19.9 Å². The standard InChI is InChI=1S/C16H19N3O4S/c1-11-13-4-2-3-5-14(13)16(21)19(18-11)9-15(20)17-8-12-6-7-24(22,23)10-12/h2-5,12H,6-10H2,1H3,(H,17,20)/t12-/m1/s1. The van der Waals surface area contributed by atoms with E-state index < -0.39 is 9.84 Å². The summed E-state index contributed by atoms with van der Waals surface area (Å²) in [6, 6.07) is 7.14. The minimum atomic E-state index is -2.96. The summed E-state index contributed by atoms with van der Waals surface area (Å²) in [5.41, 5.74) is 0.370. The summed E-state index contributed by atoms with van der Waals surface area (Å²) in [6.07, 6.45) is 0.565. The van der Waals surface area contributed by atoms with E-state index in [1.54, 1.807) is 19.1 Å². The molecule has 2 heterocycles. The summed E-state index contributed by atoms with van der Waals surface area (Å²) in [7, 11) is -2.96. The van der Waals surface area contributed by atoms with Gasteiger partial charge in [0, 0.05) is 11.9 Å². The van der Waals surface area contributed by atoms with Gasteiger partial charge in [-0.25, -0.2) is 13.1 Å². The van der Waals surface area contributed by atoms with Crippen LogP contribution >= 0.6 is 0 Å². The van der Waals surface area contributed by atoms with E-state index in [0.29, 0.717) is 24.0 Å². The van der Waals surface area contributed by atoms with E-state index in [2.05, 4.69) is 10.4 Å². The highest BCUT2D eigenvalue weighted by molar-refractivity contribution is 7.91.